The molecule has 0 spiro atoms. The quantitative estimate of drug-likeness (QED) is 0.930. The molecular formula is C19H21FN4O. The second kappa shape index (κ2) is 6.78. The number of hydrogen-bond donors (Lipinski definition) is 1. The molecule has 5 nitrogen and oxygen atoms in total. The first kappa shape index (κ1) is 16.0. The molecule has 2 aliphatic rings. The fraction of sp³-hybridized carbons (Fsp3) is 0.421. The van der Waals surface area contributed by atoms with Crippen LogP contribution < -0.4 is 10.2 Å². The fourth-order valence-corrected chi connectivity index (χ4v) is 3.24. The Kier molecular flexibility index (Phi) is 4.34. The summed E-state index contributed by atoms with van der Waals surface area (Å²) in [5, 5.41) is 3.10. The minimum Gasteiger partial charge on any atom is -0.356 e. The molecule has 1 aliphatic carbocycles. The second-order valence-electron chi connectivity index (χ2n) is 6.82. The van der Waals surface area contributed by atoms with E-state index in [1.807, 2.05) is 6.07 Å². The van der Waals surface area contributed by atoms with Gasteiger partial charge in [-0.25, -0.2) is 14.4 Å². The lowest BCUT2D eigenvalue weighted by Gasteiger charge is -2.33. The number of benzene rings is 1. The maximum absolute atomic E-state index is 13.4. The lowest BCUT2D eigenvalue weighted by molar-refractivity contribution is -0.125. The molecule has 2 heterocycles. The zero-order valence-corrected chi connectivity index (χ0v) is 14.0. The Morgan fingerprint density at radius 1 is 1.24 bits per heavy atom. The van der Waals surface area contributed by atoms with Crippen LogP contribution in [-0.2, 0) is 4.79 Å². The molecule has 1 N–H and O–H groups in total. The van der Waals surface area contributed by atoms with E-state index >= 15 is 0 Å². The van der Waals surface area contributed by atoms with E-state index in [-0.39, 0.29) is 17.6 Å². The van der Waals surface area contributed by atoms with Crippen LogP contribution in [0.3, 0.4) is 0 Å². The summed E-state index contributed by atoms with van der Waals surface area (Å²) in [6.07, 6.45) is 5.77. The molecule has 0 unspecified atom stereocenters. The zero-order valence-electron chi connectivity index (χ0n) is 14.0. The number of aromatic nitrogens is 2. The van der Waals surface area contributed by atoms with Gasteiger partial charge in [0, 0.05) is 30.9 Å². The van der Waals surface area contributed by atoms with E-state index in [4.69, 9.17) is 0 Å². The SMILES string of the molecule is O=C(NC1CC1)[C@@H]1CCCN(c2ccnc(-c3cccc(F)c3)n2)C1. The number of rotatable bonds is 4. The molecule has 1 aromatic heterocycles. The first-order chi connectivity index (χ1) is 12.2. The predicted molar refractivity (Wildman–Crippen MR) is 93.5 cm³/mol. The highest BCUT2D eigenvalue weighted by molar-refractivity contribution is 5.80. The van der Waals surface area contributed by atoms with Gasteiger partial charge in [-0.3, -0.25) is 4.79 Å². The lowest BCUT2D eigenvalue weighted by atomic mass is 9.97. The average Bonchev–Trinajstić information content (AvgIpc) is 3.46. The largest absolute Gasteiger partial charge is 0.356 e. The van der Waals surface area contributed by atoms with E-state index < -0.39 is 0 Å². The fourth-order valence-electron chi connectivity index (χ4n) is 3.24. The van der Waals surface area contributed by atoms with E-state index in [2.05, 4.69) is 20.2 Å². The number of halogens is 1. The van der Waals surface area contributed by atoms with Crippen LogP contribution in [-0.4, -0.2) is 35.0 Å². The van der Waals surface area contributed by atoms with Gasteiger partial charge in [0.2, 0.25) is 5.91 Å². The standard InChI is InChI=1S/C19H21FN4O/c20-15-5-1-3-13(11-15)18-21-9-8-17(23-18)24-10-2-4-14(12-24)19(25)22-16-6-7-16/h1,3,5,8-9,11,14,16H,2,4,6-7,10,12H2,(H,22,25)/t14-/m1/s1. The second-order valence-corrected chi connectivity index (χ2v) is 6.82. The topological polar surface area (TPSA) is 58.1 Å². The molecular weight excluding hydrogens is 319 g/mol. The molecule has 2 aromatic rings. The molecule has 0 bridgehead atoms. The van der Waals surface area contributed by atoms with Crippen molar-refractivity contribution in [3.05, 3.63) is 42.3 Å². The molecule has 1 saturated carbocycles. The van der Waals surface area contributed by atoms with Crippen molar-refractivity contribution in [2.24, 2.45) is 5.92 Å². The van der Waals surface area contributed by atoms with Gasteiger partial charge in [-0.2, -0.15) is 0 Å². The normalized spacial score (nSPS) is 20.4. The van der Waals surface area contributed by atoms with Gasteiger partial charge in [-0.05, 0) is 43.9 Å². The van der Waals surface area contributed by atoms with Gasteiger partial charge < -0.3 is 10.2 Å². The van der Waals surface area contributed by atoms with Crippen LogP contribution in [0, 0.1) is 11.7 Å². The van der Waals surface area contributed by atoms with Crippen LogP contribution in [0.1, 0.15) is 25.7 Å². The number of hydrogen-bond acceptors (Lipinski definition) is 4. The average molecular weight is 340 g/mol. The molecule has 25 heavy (non-hydrogen) atoms. The molecule has 1 amide bonds. The summed E-state index contributed by atoms with van der Waals surface area (Å²) in [5.41, 5.74) is 0.655. The molecule has 1 aliphatic heterocycles. The molecule has 1 atom stereocenters. The molecule has 1 saturated heterocycles. The molecule has 0 radical (unpaired) electrons. The number of carbonyl (C=O) groups is 1. The van der Waals surface area contributed by atoms with Crippen LogP contribution in [0.25, 0.3) is 11.4 Å². The Morgan fingerprint density at radius 2 is 2.12 bits per heavy atom. The molecule has 4 rings (SSSR count). The minimum atomic E-state index is -0.304. The Hall–Kier alpha value is -2.50. The van der Waals surface area contributed by atoms with Gasteiger partial charge >= 0.3 is 0 Å². The number of carbonyl (C=O) groups excluding carboxylic acids is 1. The van der Waals surface area contributed by atoms with Crippen molar-refractivity contribution in [3.63, 3.8) is 0 Å². The van der Waals surface area contributed by atoms with Crippen molar-refractivity contribution >= 4 is 11.7 Å². The third-order valence-corrected chi connectivity index (χ3v) is 4.76. The summed E-state index contributed by atoms with van der Waals surface area (Å²) in [4.78, 5) is 23.3. The number of nitrogens with one attached hydrogen (secondary N) is 1. The summed E-state index contributed by atoms with van der Waals surface area (Å²) in [6.45, 7) is 1.53. The van der Waals surface area contributed by atoms with Crippen LogP contribution in [0.2, 0.25) is 0 Å². The number of piperidine rings is 1. The number of amides is 1. The van der Waals surface area contributed by atoms with Crippen molar-refractivity contribution < 1.29 is 9.18 Å². The van der Waals surface area contributed by atoms with Gasteiger partial charge in [0.1, 0.15) is 11.6 Å². The highest BCUT2D eigenvalue weighted by Crippen LogP contribution is 2.25. The summed E-state index contributed by atoms with van der Waals surface area (Å²) < 4.78 is 13.4. The van der Waals surface area contributed by atoms with Gasteiger partial charge in [0.15, 0.2) is 5.82 Å². The summed E-state index contributed by atoms with van der Waals surface area (Å²) in [5.74, 6) is 1.15. The van der Waals surface area contributed by atoms with E-state index in [1.54, 1.807) is 18.3 Å². The maximum atomic E-state index is 13.4. The van der Waals surface area contributed by atoms with Crippen molar-refractivity contribution in [3.8, 4) is 11.4 Å². The Morgan fingerprint density at radius 3 is 2.92 bits per heavy atom. The highest BCUT2D eigenvalue weighted by atomic mass is 19.1. The van der Waals surface area contributed by atoms with Crippen molar-refractivity contribution in [1.82, 2.24) is 15.3 Å². The Bertz CT molecular complexity index is 778. The van der Waals surface area contributed by atoms with Crippen LogP contribution >= 0.6 is 0 Å². The molecule has 1 aromatic carbocycles. The van der Waals surface area contributed by atoms with Crippen molar-refractivity contribution in [2.45, 2.75) is 31.7 Å². The van der Waals surface area contributed by atoms with Crippen molar-refractivity contribution in [2.75, 3.05) is 18.0 Å². The monoisotopic (exact) mass is 340 g/mol. The van der Waals surface area contributed by atoms with E-state index in [0.717, 1.165) is 38.0 Å². The van der Waals surface area contributed by atoms with Crippen molar-refractivity contribution in [1.29, 1.82) is 0 Å². The van der Waals surface area contributed by atoms with E-state index in [1.165, 1.54) is 12.1 Å². The molecule has 2 fully saturated rings. The van der Waals surface area contributed by atoms with Crippen LogP contribution in [0.5, 0.6) is 0 Å². The first-order valence-corrected chi connectivity index (χ1v) is 8.83. The summed E-state index contributed by atoms with van der Waals surface area (Å²) >= 11 is 0. The van der Waals surface area contributed by atoms with Gasteiger partial charge in [0.05, 0.1) is 5.92 Å². The van der Waals surface area contributed by atoms with Crippen LogP contribution in [0.4, 0.5) is 10.2 Å². The zero-order chi connectivity index (χ0) is 17.2. The third-order valence-electron chi connectivity index (χ3n) is 4.76. The number of nitrogens with zero attached hydrogens (tertiary/aromatic N) is 3. The summed E-state index contributed by atoms with van der Waals surface area (Å²) in [7, 11) is 0. The minimum absolute atomic E-state index is 0.00179. The predicted octanol–water partition coefficient (Wildman–Crippen LogP) is 2.78. The summed E-state index contributed by atoms with van der Waals surface area (Å²) in [6, 6.07) is 8.53. The Balaban J connectivity index is 1.50. The van der Waals surface area contributed by atoms with Gasteiger partial charge in [-0.15, -0.1) is 0 Å². The highest BCUT2D eigenvalue weighted by Gasteiger charge is 2.30. The molecule has 6 heteroatoms. The van der Waals surface area contributed by atoms with Gasteiger partial charge in [0.25, 0.3) is 0 Å². The van der Waals surface area contributed by atoms with E-state index in [0.29, 0.717) is 24.0 Å². The third kappa shape index (κ3) is 3.78. The van der Waals surface area contributed by atoms with E-state index in [9.17, 15) is 9.18 Å². The van der Waals surface area contributed by atoms with Gasteiger partial charge in [-0.1, -0.05) is 12.1 Å². The first-order valence-electron chi connectivity index (χ1n) is 8.83. The molecule has 130 valence electrons. The smallest absolute Gasteiger partial charge is 0.225 e. The lowest BCUT2D eigenvalue weighted by Crippen LogP contribution is -2.44. The number of anilines is 1. The Labute approximate surface area is 146 Å². The maximum Gasteiger partial charge on any atom is 0.225 e. The van der Waals surface area contributed by atoms with Crippen LogP contribution in [0.15, 0.2) is 36.5 Å².